The maximum atomic E-state index is 12.0. The molecule has 5 unspecified atom stereocenters. The molecule has 0 radical (unpaired) electrons. The predicted molar refractivity (Wildman–Crippen MR) is 81.8 cm³/mol. The maximum Gasteiger partial charge on any atom is 0.306 e. The molecular formula is C18H26O3. The molecule has 3 aliphatic rings. The molecule has 2 aliphatic heterocycles. The molecule has 21 heavy (non-hydrogen) atoms. The monoisotopic (exact) mass is 290 g/mol. The lowest BCUT2D eigenvalue weighted by Crippen LogP contribution is -2.35. The number of allylic oxidation sites excluding steroid dienone is 3. The summed E-state index contributed by atoms with van der Waals surface area (Å²) in [5.41, 5.74) is 0. The van der Waals surface area contributed by atoms with Crippen LogP contribution in [-0.4, -0.2) is 24.3 Å². The lowest BCUT2D eigenvalue weighted by atomic mass is 9.89. The molecule has 2 heterocycles. The van der Waals surface area contributed by atoms with Crippen LogP contribution in [0.4, 0.5) is 0 Å². The zero-order valence-corrected chi connectivity index (χ0v) is 12.9. The zero-order valence-electron chi connectivity index (χ0n) is 12.9. The van der Waals surface area contributed by atoms with E-state index in [0.29, 0.717) is 18.3 Å². The minimum Gasteiger partial charge on any atom is -0.462 e. The average molecular weight is 290 g/mol. The molecule has 1 saturated carbocycles. The normalized spacial score (nSPS) is 40.0. The molecular weight excluding hydrogens is 264 g/mol. The number of rotatable bonds is 1. The molecule has 0 amide bonds. The van der Waals surface area contributed by atoms with Gasteiger partial charge in [0.15, 0.2) is 0 Å². The summed E-state index contributed by atoms with van der Waals surface area (Å²) in [6.07, 6.45) is 16.0. The molecule has 1 saturated heterocycles. The number of hydrogen-bond donors (Lipinski definition) is 0. The molecule has 3 nitrogen and oxygen atoms in total. The Bertz CT molecular complexity index is 426. The van der Waals surface area contributed by atoms with Gasteiger partial charge in [0.1, 0.15) is 6.10 Å². The summed E-state index contributed by atoms with van der Waals surface area (Å²) in [5, 5.41) is 0. The molecule has 0 aromatic rings. The van der Waals surface area contributed by atoms with Crippen LogP contribution in [0, 0.1) is 11.8 Å². The van der Waals surface area contributed by atoms with Crippen LogP contribution in [0.2, 0.25) is 0 Å². The van der Waals surface area contributed by atoms with E-state index in [0.717, 1.165) is 38.5 Å². The Morgan fingerprint density at radius 2 is 2.10 bits per heavy atom. The van der Waals surface area contributed by atoms with Crippen molar-refractivity contribution in [3.8, 4) is 0 Å². The highest BCUT2D eigenvalue weighted by Gasteiger charge is 2.54. The second kappa shape index (κ2) is 6.78. The third-order valence-electron chi connectivity index (χ3n) is 5.03. The molecule has 0 aromatic carbocycles. The van der Waals surface area contributed by atoms with Crippen molar-refractivity contribution in [3.05, 3.63) is 24.3 Å². The fourth-order valence-corrected chi connectivity index (χ4v) is 4.02. The van der Waals surface area contributed by atoms with Crippen LogP contribution in [0.1, 0.15) is 51.9 Å². The number of carbonyl (C=O) groups excluding carboxylic acids is 1. The molecule has 0 N–H and O–H groups in total. The second-order valence-corrected chi connectivity index (χ2v) is 6.42. The van der Waals surface area contributed by atoms with Gasteiger partial charge in [-0.15, -0.1) is 0 Å². The summed E-state index contributed by atoms with van der Waals surface area (Å²) in [6, 6.07) is 0. The van der Waals surface area contributed by atoms with E-state index in [1.165, 1.54) is 0 Å². The van der Waals surface area contributed by atoms with Crippen molar-refractivity contribution in [2.45, 2.75) is 70.2 Å². The molecule has 5 atom stereocenters. The lowest BCUT2D eigenvalue weighted by molar-refractivity contribution is -0.157. The average Bonchev–Trinajstić information content (AvgIpc) is 2.98. The lowest BCUT2D eigenvalue weighted by Gasteiger charge is -2.28. The van der Waals surface area contributed by atoms with E-state index < -0.39 is 0 Å². The first-order valence-corrected chi connectivity index (χ1v) is 8.46. The van der Waals surface area contributed by atoms with Gasteiger partial charge in [0.2, 0.25) is 0 Å². The van der Waals surface area contributed by atoms with Gasteiger partial charge < -0.3 is 9.47 Å². The Kier molecular flexibility index (Phi) is 4.79. The SMILES string of the molecule is CCC1OC2CC3OC(=O)CCCCC=CCC=CC2C31. The Morgan fingerprint density at radius 3 is 2.95 bits per heavy atom. The van der Waals surface area contributed by atoms with Gasteiger partial charge in [-0.1, -0.05) is 31.2 Å². The van der Waals surface area contributed by atoms with Crippen LogP contribution < -0.4 is 0 Å². The van der Waals surface area contributed by atoms with E-state index in [1.54, 1.807) is 0 Å². The molecule has 1 aliphatic carbocycles. The van der Waals surface area contributed by atoms with Gasteiger partial charge in [-0.25, -0.2) is 0 Å². The quantitative estimate of drug-likeness (QED) is 0.544. The fraction of sp³-hybridized carbons (Fsp3) is 0.722. The highest BCUT2D eigenvalue weighted by Crippen LogP contribution is 2.48. The van der Waals surface area contributed by atoms with Crippen molar-refractivity contribution >= 4 is 5.97 Å². The van der Waals surface area contributed by atoms with Gasteiger partial charge in [-0.3, -0.25) is 4.79 Å². The van der Waals surface area contributed by atoms with Crippen LogP contribution in [0.3, 0.4) is 0 Å². The summed E-state index contributed by atoms with van der Waals surface area (Å²) in [7, 11) is 0. The van der Waals surface area contributed by atoms with E-state index in [4.69, 9.17) is 9.47 Å². The third kappa shape index (κ3) is 3.23. The van der Waals surface area contributed by atoms with Crippen LogP contribution in [0.5, 0.6) is 0 Å². The van der Waals surface area contributed by atoms with Gasteiger partial charge in [0.05, 0.1) is 12.2 Å². The van der Waals surface area contributed by atoms with E-state index in [2.05, 4.69) is 31.2 Å². The van der Waals surface area contributed by atoms with Crippen molar-refractivity contribution in [1.82, 2.24) is 0 Å². The van der Waals surface area contributed by atoms with Crippen LogP contribution in [0.15, 0.2) is 24.3 Å². The molecule has 2 fully saturated rings. The van der Waals surface area contributed by atoms with Crippen molar-refractivity contribution < 1.29 is 14.3 Å². The molecule has 4 bridgehead atoms. The molecule has 3 heteroatoms. The molecule has 3 rings (SSSR count). The first kappa shape index (κ1) is 14.8. The minimum atomic E-state index is -0.0221. The first-order chi connectivity index (χ1) is 10.3. The highest BCUT2D eigenvalue weighted by molar-refractivity contribution is 5.69. The van der Waals surface area contributed by atoms with E-state index >= 15 is 0 Å². The Balaban J connectivity index is 1.75. The first-order valence-electron chi connectivity index (χ1n) is 8.46. The predicted octanol–water partition coefficient (Wildman–Crippen LogP) is 3.79. The van der Waals surface area contributed by atoms with Crippen LogP contribution in [-0.2, 0) is 14.3 Å². The summed E-state index contributed by atoms with van der Waals surface area (Å²) >= 11 is 0. The van der Waals surface area contributed by atoms with Gasteiger partial charge in [0, 0.05) is 24.7 Å². The molecule has 116 valence electrons. The largest absolute Gasteiger partial charge is 0.462 e. The maximum absolute atomic E-state index is 12.0. The summed E-state index contributed by atoms with van der Waals surface area (Å²) in [6.45, 7) is 2.16. The van der Waals surface area contributed by atoms with E-state index in [1.807, 2.05) is 0 Å². The van der Waals surface area contributed by atoms with Crippen molar-refractivity contribution in [2.24, 2.45) is 11.8 Å². The number of hydrogen-bond acceptors (Lipinski definition) is 3. The minimum absolute atomic E-state index is 0.0221. The summed E-state index contributed by atoms with van der Waals surface area (Å²) in [4.78, 5) is 12.0. The van der Waals surface area contributed by atoms with E-state index in [9.17, 15) is 4.79 Å². The van der Waals surface area contributed by atoms with Gasteiger partial charge in [-0.05, 0) is 32.1 Å². The Morgan fingerprint density at radius 1 is 1.19 bits per heavy atom. The van der Waals surface area contributed by atoms with E-state index in [-0.39, 0.29) is 24.3 Å². The third-order valence-corrected chi connectivity index (χ3v) is 5.03. The summed E-state index contributed by atoms with van der Waals surface area (Å²) in [5.74, 6) is 0.752. The van der Waals surface area contributed by atoms with Crippen LogP contribution >= 0.6 is 0 Å². The number of carbonyl (C=O) groups is 1. The smallest absolute Gasteiger partial charge is 0.306 e. The topological polar surface area (TPSA) is 35.5 Å². The van der Waals surface area contributed by atoms with Gasteiger partial charge in [0.25, 0.3) is 0 Å². The standard InChI is InChI=1S/C18H26O3/c1-2-14-18-13-10-8-6-4-3-5-7-9-11-17(19)21-16(18)12-15(13)20-14/h3-4,8,10,13-16,18H,2,5-7,9,11-12H2,1H3. The molecule has 0 aromatic heterocycles. The van der Waals surface area contributed by atoms with Gasteiger partial charge >= 0.3 is 5.97 Å². The zero-order chi connectivity index (χ0) is 14.7. The van der Waals surface area contributed by atoms with Crippen molar-refractivity contribution in [2.75, 3.05) is 0 Å². The summed E-state index contributed by atoms with van der Waals surface area (Å²) < 4.78 is 11.9. The van der Waals surface area contributed by atoms with Crippen molar-refractivity contribution in [3.63, 3.8) is 0 Å². The molecule has 0 spiro atoms. The second-order valence-electron chi connectivity index (χ2n) is 6.42. The Labute approximate surface area is 127 Å². The number of esters is 1. The van der Waals surface area contributed by atoms with Gasteiger partial charge in [-0.2, -0.15) is 0 Å². The Hall–Kier alpha value is -1.09. The highest BCUT2D eigenvalue weighted by atomic mass is 16.6. The van der Waals surface area contributed by atoms with Crippen LogP contribution in [0.25, 0.3) is 0 Å². The van der Waals surface area contributed by atoms with Crippen molar-refractivity contribution in [1.29, 1.82) is 0 Å². The number of ether oxygens (including phenoxy) is 2. The fourth-order valence-electron chi connectivity index (χ4n) is 4.02.